The zero-order valence-electron chi connectivity index (χ0n) is 23.7. The lowest BCUT2D eigenvalue weighted by molar-refractivity contribution is -0.140. The second kappa shape index (κ2) is 13.6. The number of carbonyl (C=O) groups excluding carboxylic acids is 2. The summed E-state index contributed by atoms with van der Waals surface area (Å²) < 4.78 is 42.6. The van der Waals surface area contributed by atoms with Gasteiger partial charge in [0.1, 0.15) is 18.4 Å². The maximum Gasteiger partial charge on any atom is 0.264 e. The van der Waals surface area contributed by atoms with Crippen molar-refractivity contribution >= 4 is 27.5 Å². The van der Waals surface area contributed by atoms with Crippen LogP contribution in [0.2, 0.25) is 0 Å². The Hall–Kier alpha value is -3.72. The van der Waals surface area contributed by atoms with Gasteiger partial charge in [-0.3, -0.25) is 13.9 Å². The molecule has 3 aromatic rings. The van der Waals surface area contributed by atoms with Gasteiger partial charge in [-0.25, -0.2) is 12.8 Å². The summed E-state index contributed by atoms with van der Waals surface area (Å²) in [6, 6.07) is 18.0. The smallest absolute Gasteiger partial charge is 0.264 e. The van der Waals surface area contributed by atoms with Crippen molar-refractivity contribution in [3.8, 4) is 0 Å². The van der Waals surface area contributed by atoms with Crippen LogP contribution in [0, 0.1) is 19.7 Å². The molecular formula is C31H38FN3O4S. The van der Waals surface area contributed by atoms with Crippen LogP contribution < -0.4 is 9.62 Å². The molecule has 0 bridgehead atoms. The van der Waals surface area contributed by atoms with E-state index >= 15 is 0 Å². The normalized spacial score (nSPS) is 12.8. The first-order valence-electron chi connectivity index (χ1n) is 13.5. The molecule has 0 radical (unpaired) electrons. The van der Waals surface area contributed by atoms with E-state index in [0.29, 0.717) is 24.1 Å². The molecule has 0 saturated carbocycles. The van der Waals surface area contributed by atoms with Crippen molar-refractivity contribution in [3.05, 3.63) is 95.3 Å². The highest BCUT2D eigenvalue weighted by atomic mass is 32.2. The number of hydrogen-bond acceptors (Lipinski definition) is 4. The third-order valence-electron chi connectivity index (χ3n) is 7.11. The molecule has 7 nitrogen and oxygen atoms in total. The average molecular weight is 568 g/mol. The number of hydrogen-bond donors (Lipinski definition) is 1. The summed E-state index contributed by atoms with van der Waals surface area (Å²) in [6.07, 6.45) is 1.02. The highest BCUT2D eigenvalue weighted by molar-refractivity contribution is 7.92. The van der Waals surface area contributed by atoms with E-state index in [1.54, 1.807) is 49.4 Å². The number of nitrogens with one attached hydrogen (secondary N) is 1. The standard InChI is InChI=1S/C31H38FN3O4S/c1-6-23(4)33-31(37)28(7-2)34(20-25-16-18-26(32)19-17-25)30(36)21-35(29-15-11-12-22(3)24(29)5)40(38,39)27-13-9-8-10-14-27/h8-19,23,28H,6-7,20-21H2,1-5H3,(H,33,37)/t23-,28+/m0/s1. The monoisotopic (exact) mass is 567 g/mol. The van der Waals surface area contributed by atoms with Crippen molar-refractivity contribution in [1.29, 1.82) is 0 Å². The summed E-state index contributed by atoms with van der Waals surface area (Å²) in [7, 11) is -4.14. The van der Waals surface area contributed by atoms with Crippen LogP contribution in [-0.2, 0) is 26.2 Å². The molecule has 0 spiro atoms. The highest BCUT2D eigenvalue weighted by Crippen LogP contribution is 2.29. The van der Waals surface area contributed by atoms with Gasteiger partial charge in [0.25, 0.3) is 10.0 Å². The average Bonchev–Trinajstić information content (AvgIpc) is 2.94. The van der Waals surface area contributed by atoms with E-state index in [9.17, 15) is 22.4 Å². The van der Waals surface area contributed by atoms with Crippen LogP contribution in [-0.4, -0.2) is 43.8 Å². The number of halogens is 1. The fourth-order valence-electron chi connectivity index (χ4n) is 4.39. The minimum atomic E-state index is -4.14. The molecule has 0 fully saturated rings. The summed E-state index contributed by atoms with van der Waals surface area (Å²) in [4.78, 5) is 28.9. The van der Waals surface area contributed by atoms with Crippen molar-refractivity contribution in [2.24, 2.45) is 0 Å². The lowest BCUT2D eigenvalue weighted by Crippen LogP contribution is -2.53. The Labute approximate surface area is 237 Å². The molecule has 3 aromatic carbocycles. The van der Waals surface area contributed by atoms with E-state index in [2.05, 4.69) is 5.32 Å². The number of carbonyl (C=O) groups is 2. The first-order valence-corrected chi connectivity index (χ1v) is 14.9. The second-order valence-electron chi connectivity index (χ2n) is 9.93. The van der Waals surface area contributed by atoms with Gasteiger partial charge in [-0.05, 0) is 80.6 Å². The van der Waals surface area contributed by atoms with Crippen LogP contribution in [0.15, 0.2) is 77.7 Å². The Morgan fingerprint density at radius 2 is 1.55 bits per heavy atom. The topological polar surface area (TPSA) is 86.8 Å². The Morgan fingerprint density at radius 1 is 0.900 bits per heavy atom. The van der Waals surface area contributed by atoms with E-state index in [4.69, 9.17) is 0 Å². The zero-order valence-corrected chi connectivity index (χ0v) is 24.5. The predicted octanol–water partition coefficient (Wildman–Crippen LogP) is 5.36. The molecule has 3 rings (SSSR count). The Kier molecular flexibility index (Phi) is 10.5. The van der Waals surface area contributed by atoms with E-state index in [-0.39, 0.29) is 23.4 Å². The molecule has 0 heterocycles. The first-order chi connectivity index (χ1) is 19.0. The lowest BCUT2D eigenvalue weighted by Gasteiger charge is -2.34. The number of benzene rings is 3. The Bertz CT molecular complexity index is 1410. The molecular weight excluding hydrogens is 529 g/mol. The molecule has 0 aromatic heterocycles. The van der Waals surface area contributed by atoms with E-state index in [0.717, 1.165) is 15.4 Å². The Balaban J connectivity index is 2.08. The van der Waals surface area contributed by atoms with Crippen LogP contribution in [0.25, 0.3) is 0 Å². The first kappa shape index (κ1) is 30.8. The number of nitrogens with zero attached hydrogens (tertiary/aromatic N) is 2. The maximum atomic E-state index is 14.1. The van der Waals surface area contributed by atoms with Crippen molar-refractivity contribution in [1.82, 2.24) is 10.2 Å². The fourth-order valence-corrected chi connectivity index (χ4v) is 5.88. The zero-order chi connectivity index (χ0) is 29.4. The third-order valence-corrected chi connectivity index (χ3v) is 8.88. The van der Waals surface area contributed by atoms with Gasteiger partial charge >= 0.3 is 0 Å². The maximum absolute atomic E-state index is 14.1. The van der Waals surface area contributed by atoms with Gasteiger partial charge in [0.05, 0.1) is 10.6 Å². The van der Waals surface area contributed by atoms with Gasteiger partial charge in [-0.15, -0.1) is 0 Å². The highest BCUT2D eigenvalue weighted by Gasteiger charge is 2.34. The van der Waals surface area contributed by atoms with Gasteiger partial charge in [0.2, 0.25) is 11.8 Å². The van der Waals surface area contributed by atoms with Crippen LogP contribution in [0.5, 0.6) is 0 Å². The number of sulfonamides is 1. The molecule has 0 saturated heterocycles. The second-order valence-corrected chi connectivity index (χ2v) is 11.8. The van der Waals surface area contributed by atoms with Crippen LogP contribution in [0.3, 0.4) is 0 Å². The minimum Gasteiger partial charge on any atom is -0.352 e. The number of anilines is 1. The molecule has 214 valence electrons. The molecule has 9 heteroatoms. The van der Waals surface area contributed by atoms with E-state index in [1.165, 1.54) is 29.2 Å². The Morgan fingerprint density at radius 3 is 2.15 bits per heavy atom. The molecule has 2 amide bonds. The van der Waals surface area contributed by atoms with Gasteiger partial charge in [-0.2, -0.15) is 0 Å². The van der Waals surface area contributed by atoms with Gasteiger partial charge < -0.3 is 10.2 Å². The SMILES string of the molecule is CC[C@H](C(=O)N[C@@H](C)CC)N(Cc1ccc(F)cc1)C(=O)CN(c1cccc(C)c1C)S(=O)(=O)c1ccccc1. The fraction of sp³-hybridized carbons (Fsp3) is 0.355. The van der Waals surface area contributed by atoms with Crippen molar-refractivity contribution in [2.75, 3.05) is 10.8 Å². The summed E-state index contributed by atoms with van der Waals surface area (Å²) in [6.45, 7) is 8.81. The molecule has 0 aliphatic carbocycles. The van der Waals surface area contributed by atoms with Gasteiger partial charge in [0, 0.05) is 12.6 Å². The van der Waals surface area contributed by atoms with Crippen molar-refractivity contribution in [2.45, 2.75) is 71.0 Å². The number of aryl methyl sites for hydroxylation is 1. The summed E-state index contributed by atoms with van der Waals surface area (Å²) in [5, 5.41) is 2.94. The summed E-state index contributed by atoms with van der Waals surface area (Å²) >= 11 is 0. The number of rotatable bonds is 12. The van der Waals surface area contributed by atoms with Crippen LogP contribution >= 0.6 is 0 Å². The molecule has 0 unspecified atom stereocenters. The summed E-state index contributed by atoms with van der Waals surface area (Å²) in [5.41, 5.74) is 2.60. The lowest BCUT2D eigenvalue weighted by atomic mass is 10.1. The van der Waals surface area contributed by atoms with Crippen LogP contribution in [0.1, 0.15) is 50.3 Å². The van der Waals surface area contributed by atoms with Crippen molar-refractivity contribution < 1.29 is 22.4 Å². The quantitative estimate of drug-likeness (QED) is 0.319. The van der Waals surface area contributed by atoms with Gasteiger partial charge in [0.15, 0.2) is 0 Å². The molecule has 0 aliphatic rings. The summed E-state index contributed by atoms with van der Waals surface area (Å²) in [5.74, 6) is -1.29. The molecule has 40 heavy (non-hydrogen) atoms. The molecule has 2 atom stereocenters. The minimum absolute atomic E-state index is 0.0115. The predicted molar refractivity (Wildman–Crippen MR) is 156 cm³/mol. The molecule has 0 aliphatic heterocycles. The van der Waals surface area contributed by atoms with Crippen LogP contribution in [0.4, 0.5) is 10.1 Å². The number of amides is 2. The van der Waals surface area contributed by atoms with Gasteiger partial charge in [-0.1, -0.05) is 56.3 Å². The van der Waals surface area contributed by atoms with E-state index < -0.39 is 34.3 Å². The molecule has 1 N–H and O–H groups in total. The largest absolute Gasteiger partial charge is 0.352 e. The third kappa shape index (κ3) is 7.27. The van der Waals surface area contributed by atoms with Crippen molar-refractivity contribution in [3.63, 3.8) is 0 Å². The van der Waals surface area contributed by atoms with E-state index in [1.807, 2.05) is 33.8 Å².